The standard InChI is InChI=1S/C19H23ClN2OS/c1-14-13-24-17(22-14)8-5-11-21-18(23)19(9-2-3-10-19)15-6-4-7-16(20)12-15/h4,6-7,12-13H,2-3,5,8-11H2,1H3,(H,21,23). The lowest BCUT2D eigenvalue weighted by Crippen LogP contribution is -2.43. The Morgan fingerprint density at radius 1 is 1.38 bits per heavy atom. The van der Waals surface area contributed by atoms with Crippen LogP contribution in [0.15, 0.2) is 29.6 Å². The van der Waals surface area contributed by atoms with E-state index in [4.69, 9.17) is 11.6 Å². The lowest BCUT2D eigenvalue weighted by molar-refractivity contribution is -0.126. The summed E-state index contributed by atoms with van der Waals surface area (Å²) in [5.74, 6) is 0.151. The summed E-state index contributed by atoms with van der Waals surface area (Å²) in [7, 11) is 0. The second-order valence-electron chi connectivity index (χ2n) is 6.54. The number of rotatable bonds is 6. The SMILES string of the molecule is Cc1csc(CCCNC(=O)C2(c3cccc(Cl)c3)CCCC2)n1. The average molecular weight is 363 g/mol. The maximum atomic E-state index is 12.9. The van der Waals surface area contributed by atoms with Crippen LogP contribution >= 0.6 is 22.9 Å². The van der Waals surface area contributed by atoms with Gasteiger partial charge in [-0.2, -0.15) is 0 Å². The first-order chi connectivity index (χ1) is 11.6. The summed E-state index contributed by atoms with van der Waals surface area (Å²) >= 11 is 7.84. The van der Waals surface area contributed by atoms with Crippen LogP contribution in [0, 0.1) is 6.92 Å². The largest absolute Gasteiger partial charge is 0.355 e. The van der Waals surface area contributed by atoms with E-state index in [-0.39, 0.29) is 5.91 Å². The van der Waals surface area contributed by atoms with Crippen LogP contribution in [0.2, 0.25) is 5.02 Å². The summed E-state index contributed by atoms with van der Waals surface area (Å²) in [6.45, 7) is 2.70. The molecule has 0 saturated heterocycles. The minimum atomic E-state index is -0.400. The second-order valence-corrected chi connectivity index (χ2v) is 7.92. The van der Waals surface area contributed by atoms with Gasteiger partial charge in [0.25, 0.3) is 0 Å². The van der Waals surface area contributed by atoms with Crippen molar-refractivity contribution in [3.8, 4) is 0 Å². The number of nitrogens with one attached hydrogen (secondary N) is 1. The number of thiazole rings is 1. The van der Waals surface area contributed by atoms with Crippen LogP contribution in [0.1, 0.15) is 48.4 Å². The van der Waals surface area contributed by atoms with Gasteiger partial charge < -0.3 is 5.32 Å². The highest BCUT2D eigenvalue weighted by Gasteiger charge is 2.42. The Morgan fingerprint density at radius 2 is 2.17 bits per heavy atom. The van der Waals surface area contributed by atoms with E-state index in [0.29, 0.717) is 11.6 Å². The zero-order valence-corrected chi connectivity index (χ0v) is 15.6. The summed E-state index contributed by atoms with van der Waals surface area (Å²) in [5, 5.41) is 7.07. The van der Waals surface area contributed by atoms with Gasteiger partial charge in [-0.15, -0.1) is 11.3 Å². The van der Waals surface area contributed by atoms with Gasteiger partial charge in [-0.3, -0.25) is 4.79 Å². The van der Waals surface area contributed by atoms with Crippen molar-refractivity contribution in [2.75, 3.05) is 6.54 Å². The molecule has 24 heavy (non-hydrogen) atoms. The van der Waals surface area contributed by atoms with Crippen molar-refractivity contribution in [2.24, 2.45) is 0 Å². The number of carbonyl (C=O) groups is 1. The van der Waals surface area contributed by atoms with Crippen LogP contribution in [-0.2, 0) is 16.6 Å². The third kappa shape index (κ3) is 3.81. The van der Waals surface area contributed by atoms with Gasteiger partial charge in [0.1, 0.15) is 0 Å². The molecule has 0 radical (unpaired) electrons. The number of nitrogens with zero attached hydrogens (tertiary/aromatic N) is 1. The Labute approximate surface area is 152 Å². The third-order valence-electron chi connectivity index (χ3n) is 4.79. The smallest absolute Gasteiger partial charge is 0.230 e. The summed E-state index contributed by atoms with van der Waals surface area (Å²) < 4.78 is 0. The van der Waals surface area contributed by atoms with E-state index in [2.05, 4.69) is 15.7 Å². The summed E-state index contributed by atoms with van der Waals surface area (Å²) in [6.07, 6.45) is 5.85. The fraction of sp³-hybridized carbons (Fsp3) is 0.474. The maximum absolute atomic E-state index is 12.9. The first-order valence-corrected chi connectivity index (χ1v) is 9.81. The van der Waals surface area contributed by atoms with Gasteiger partial charge >= 0.3 is 0 Å². The molecule has 5 heteroatoms. The summed E-state index contributed by atoms with van der Waals surface area (Å²) in [5.41, 5.74) is 1.73. The van der Waals surface area contributed by atoms with Crippen molar-refractivity contribution in [3.63, 3.8) is 0 Å². The Hall–Kier alpha value is -1.39. The molecule has 1 saturated carbocycles. The van der Waals surface area contributed by atoms with E-state index < -0.39 is 5.41 Å². The monoisotopic (exact) mass is 362 g/mol. The van der Waals surface area contributed by atoms with Gasteiger partial charge in [0.15, 0.2) is 0 Å². The van der Waals surface area contributed by atoms with Crippen LogP contribution in [0.4, 0.5) is 0 Å². The second kappa shape index (κ2) is 7.66. The van der Waals surface area contributed by atoms with Gasteiger partial charge in [0.2, 0.25) is 5.91 Å². The Balaban J connectivity index is 1.60. The normalized spacial score (nSPS) is 16.2. The number of hydrogen-bond acceptors (Lipinski definition) is 3. The van der Waals surface area contributed by atoms with Crippen molar-refractivity contribution in [1.82, 2.24) is 10.3 Å². The molecule has 3 rings (SSSR count). The molecule has 1 aromatic carbocycles. The molecule has 1 aliphatic rings. The number of halogens is 1. The number of aromatic nitrogens is 1. The third-order valence-corrected chi connectivity index (χ3v) is 6.05. The first kappa shape index (κ1) is 17.4. The molecule has 1 heterocycles. The lowest BCUT2D eigenvalue weighted by Gasteiger charge is -2.28. The number of benzene rings is 1. The van der Waals surface area contributed by atoms with E-state index in [1.165, 1.54) is 0 Å². The molecule has 1 N–H and O–H groups in total. The van der Waals surface area contributed by atoms with Gasteiger partial charge in [0, 0.05) is 29.1 Å². The Bertz CT molecular complexity index is 707. The van der Waals surface area contributed by atoms with Crippen molar-refractivity contribution in [1.29, 1.82) is 0 Å². The molecule has 3 nitrogen and oxygen atoms in total. The first-order valence-electron chi connectivity index (χ1n) is 8.55. The minimum absolute atomic E-state index is 0.151. The van der Waals surface area contributed by atoms with Crippen LogP contribution in [0.25, 0.3) is 0 Å². The number of aryl methyl sites for hydroxylation is 2. The Morgan fingerprint density at radius 3 is 2.83 bits per heavy atom. The van der Waals surface area contributed by atoms with Crippen LogP contribution in [-0.4, -0.2) is 17.4 Å². The molecule has 0 spiro atoms. The highest BCUT2D eigenvalue weighted by atomic mass is 35.5. The quantitative estimate of drug-likeness (QED) is 0.759. The molecule has 0 bridgehead atoms. The highest BCUT2D eigenvalue weighted by molar-refractivity contribution is 7.09. The molecule has 1 amide bonds. The van der Waals surface area contributed by atoms with Crippen molar-refractivity contribution >= 4 is 28.8 Å². The fourth-order valence-electron chi connectivity index (χ4n) is 3.54. The zero-order chi connectivity index (χ0) is 17.0. The van der Waals surface area contributed by atoms with E-state index in [0.717, 1.165) is 54.8 Å². The average Bonchev–Trinajstić information content (AvgIpc) is 3.21. The lowest BCUT2D eigenvalue weighted by atomic mass is 9.78. The van der Waals surface area contributed by atoms with Crippen molar-refractivity contribution in [3.05, 3.63) is 50.9 Å². The van der Waals surface area contributed by atoms with E-state index in [1.807, 2.05) is 31.2 Å². The number of carbonyl (C=O) groups excluding carboxylic acids is 1. The zero-order valence-electron chi connectivity index (χ0n) is 14.0. The topological polar surface area (TPSA) is 42.0 Å². The molecule has 1 fully saturated rings. The van der Waals surface area contributed by atoms with Gasteiger partial charge in [-0.25, -0.2) is 4.98 Å². The predicted octanol–water partition coefficient (Wildman–Crippen LogP) is 4.67. The van der Waals surface area contributed by atoms with Crippen molar-refractivity contribution in [2.45, 2.75) is 50.9 Å². The summed E-state index contributed by atoms with van der Waals surface area (Å²) in [4.78, 5) is 17.4. The molecule has 1 aromatic heterocycles. The van der Waals surface area contributed by atoms with Crippen LogP contribution in [0.3, 0.4) is 0 Å². The molecule has 0 aliphatic heterocycles. The van der Waals surface area contributed by atoms with Crippen LogP contribution in [0.5, 0.6) is 0 Å². The minimum Gasteiger partial charge on any atom is -0.355 e. The molecular formula is C19H23ClN2OS. The summed E-state index contributed by atoms with van der Waals surface area (Å²) in [6, 6.07) is 7.79. The Kier molecular flexibility index (Phi) is 5.57. The van der Waals surface area contributed by atoms with E-state index in [1.54, 1.807) is 11.3 Å². The number of hydrogen-bond donors (Lipinski definition) is 1. The molecule has 0 unspecified atom stereocenters. The van der Waals surface area contributed by atoms with E-state index in [9.17, 15) is 4.79 Å². The van der Waals surface area contributed by atoms with E-state index >= 15 is 0 Å². The molecule has 128 valence electrons. The fourth-order valence-corrected chi connectivity index (χ4v) is 4.55. The highest BCUT2D eigenvalue weighted by Crippen LogP contribution is 2.42. The van der Waals surface area contributed by atoms with Gasteiger partial charge in [-0.05, 0) is 43.9 Å². The molecule has 0 atom stereocenters. The van der Waals surface area contributed by atoms with Crippen molar-refractivity contribution < 1.29 is 4.79 Å². The molecular weight excluding hydrogens is 340 g/mol. The van der Waals surface area contributed by atoms with Crippen LogP contribution < -0.4 is 5.32 Å². The predicted molar refractivity (Wildman–Crippen MR) is 99.8 cm³/mol. The van der Waals surface area contributed by atoms with Gasteiger partial charge in [0.05, 0.1) is 10.4 Å². The molecule has 1 aliphatic carbocycles. The van der Waals surface area contributed by atoms with Gasteiger partial charge in [-0.1, -0.05) is 36.6 Å². The number of amides is 1. The molecule has 2 aromatic rings. The maximum Gasteiger partial charge on any atom is 0.230 e.